The SMILES string of the molecule is CC1(C)COC(Cc2nc([C]=O)cc3c2[nH]c2ccccc23)OC1. The summed E-state index contributed by atoms with van der Waals surface area (Å²) in [4.78, 5) is 19.0. The molecule has 1 aromatic carbocycles. The number of benzene rings is 1. The molecule has 1 radical (unpaired) electrons. The fraction of sp³-hybridized carbons (Fsp3) is 0.368. The minimum atomic E-state index is -0.345. The zero-order valence-corrected chi connectivity index (χ0v) is 13.8. The molecule has 0 atom stereocenters. The van der Waals surface area contributed by atoms with Crippen LogP contribution >= 0.6 is 0 Å². The molecule has 123 valence electrons. The van der Waals surface area contributed by atoms with Crippen LogP contribution in [0.15, 0.2) is 30.3 Å². The fourth-order valence-corrected chi connectivity index (χ4v) is 3.11. The highest BCUT2D eigenvalue weighted by molar-refractivity contribution is 6.08. The summed E-state index contributed by atoms with van der Waals surface area (Å²) in [5, 5.41) is 2.05. The molecule has 5 heteroatoms. The van der Waals surface area contributed by atoms with Crippen molar-refractivity contribution in [3.8, 4) is 0 Å². The van der Waals surface area contributed by atoms with Gasteiger partial charge in [-0.05, 0) is 12.1 Å². The van der Waals surface area contributed by atoms with Gasteiger partial charge in [0.1, 0.15) is 5.69 Å². The highest BCUT2D eigenvalue weighted by atomic mass is 16.7. The summed E-state index contributed by atoms with van der Waals surface area (Å²) in [5.74, 6) is 0. The first-order valence-corrected chi connectivity index (χ1v) is 8.07. The molecule has 0 saturated carbocycles. The van der Waals surface area contributed by atoms with Crippen LogP contribution in [0, 0.1) is 5.41 Å². The number of nitrogens with one attached hydrogen (secondary N) is 1. The summed E-state index contributed by atoms with van der Waals surface area (Å²) in [6, 6.07) is 9.78. The topological polar surface area (TPSA) is 64.2 Å². The lowest BCUT2D eigenvalue weighted by Crippen LogP contribution is -2.38. The molecule has 1 aliphatic rings. The van der Waals surface area contributed by atoms with Crippen LogP contribution in [0.4, 0.5) is 0 Å². The molecule has 5 nitrogen and oxygen atoms in total. The molecule has 3 aromatic rings. The Balaban J connectivity index is 1.75. The van der Waals surface area contributed by atoms with Crippen molar-refractivity contribution < 1.29 is 14.3 Å². The maximum Gasteiger partial charge on any atom is 0.253 e. The van der Waals surface area contributed by atoms with Gasteiger partial charge in [-0.2, -0.15) is 0 Å². The summed E-state index contributed by atoms with van der Waals surface area (Å²) in [7, 11) is 0. The van der Waals surface area contributed by atoms with Crippen LogP contribution in [-0.4, -0.2) is 35.8 Å². The molecule has 24 heavy (non-hydrogen) atoms. The van der Waals surface area contributed by atoms with E-state index in [9.17, 15) is 4.79 Å². The van der Waals surface area contributed by atoms with Crippen LogP contribution in [0.25, 0.3) is 21.8 Å². The average molecular weight is 323 g/mol. The number of H-pyrrole nitrogens is 1. The number of ether oxygens (including phenoxy) is 2. The van der Waals surface area contributed by atoms with Crippen molar-refractivity contribution in [2.75, 3.05) is 13.2 Å². The molecule has 0 unspecified atom stereocenters. The number of para-hydroxylation sites is 1. The van der Waals surface area contributed by atoms with Crippen LogP contribution in [0.1, 0.15) is 25.2 Å². The van der Waals surface area contributed by atoms with E-state index in [1.54, 1.807) is 6.07 Å². The second-order valence-corrected chi connectivity index (χ2v) is 7.07. The minimum absolute atomic E-state index is 0.0266. The number of hydrogen-bond acceptors (Lipinski definition) is 4. The molecule has 0 spiro atoms. The Morgan fingerprint density at radius 1 is 1.25 bits per heavy atom. The first-order chi connectivity index (χ1) is 11.6. The Morgan fingerprint density at radius 3 is 2.75 bits per heavy atom. The van der Waals surface area contributed by atoms with Gasteiger partial charge < -0.3 is 14.5 Å². The van der Waals surface area contributed by atoms with Crippen molar-refractivity contribution >= 4 is 28.1 Å². The van der Waals surface area contributed by atoms with Gasteiger partial charge in [0.15, 0.2) is 6.29 Å². The predicted octanol–water partition coefficient (Wildman–Crippen LogP) is 3.12. The van der Waals surface area contributed by atoms with Gasteiger partial charge in [-0.1, -0.05) is 32.0 Å². The van der Waals surface area contributed by atoms with E-state index in [4.69, 9.17) is 9.47 Å². The monoisotopic (exact) mass is 323 g/mol. The van der Waals surface area contributed by atoms with Crippen molar-refractivity contribution in [1.29, 1.82) is 0 Å². The summed E-state index contributed by atoms with van der Waals surface area (Å²) >= 11 is 0. The van der Waals surface area contributed by atoms with Gasteiger partial charge in [0.2, 0.25) is 0 Å². The van der Waals surface area contributed by atoms with Gasteiger partial charge in [-0.3, -0.25) is 4.79 Å². The Labute approximate surface area is 140 Å². The molecule has 1 saturated heterocycles. The predicted molar refractivity (Wildman–Crippen MR) is 91.6 cm³/mol. The normalized spacial score (nSPS) is 18.2. The van der Waals surface area contributed by atoms with E-state index >= 15 is 0 Å². The van der Waals surface area contributed by atoms with Crippen molar-refractivity contribution in [1.82, 2.24) is 9.97 Å². The lowest BCUT2D eigenvalue weighted by atomic mass is 9.95. The molecule has 0 amide bonds. The third-order valence-corrected chi connectivity index (χ3v) is 4.36. The molecular formula is C19H19N2O3. The number of pyridine rings is 1. The number of carbonyl (C=O) groups excluding carboxylic acids is 1. The molecule has 0 bridgehead atoms. The van der Waals surface area contributed by atoms with E-state index in [0.29, 0.717) is 25.3 Å². The van der Waals surface area contributed by atoms with Crippen molar-refractivity contribution in [2.45, 2.75) is 26.6 Å². The third kappa shape index (κ3) is 2.70. The summed E-state index contributed by atoms with van der Waals surface area (Å²) in [6.45, 7) is 5.51. The maximum atomic E-state index is 11.2. The molecule has 0 aliphatic carbocycles. The molecule has 1 N–H and O–H groups in total. The van der Waals surface area contributed by atoms with E-state index in [1.165, 1.54) is 0 Å². The van der Waals surface area contributed by atoms with Crippen LogP contribution in [0.3, 0.4) is 0 Å². The van der Waals surface area contributed by atoms with Crippen LogP contribution < -0.4 is 0 Å². The lowest BCUT2D eigenvalue weighted by Gasteiger charge is -2.34. The van der Waals surface area contributed by atoms with E-state index in [0.717, 1.165) is 27.5 Å². The molecule has 1 fully saturated rings. The minimum Gasteiger partial charge on any atom is -0.353 e. The van der Waals surface area contributed by atoms with E-state index in [-0.39, 0.29) is 11.7 Å². The van der Waals surface area contributed by atoms with Gasteiger partial charge in [0.25, 0.3) is 6.29 Å². The zero-order valence-electron chi connectivity index (χ0n) is 13.8. The molecule has 2 aromatic heterocycles. The standard InChI is InChI=1S/C19H19N2O3/c1-19(2)10-23-17(24-11-19)8-16-18-14(7-12(9-22)20-16)13-5-3-4-6-15(13)21-18/h3-7,17,21H,8,10-11H2,1-2H3. The molecule has 3 heterocycles. The van der Waals surface area contributed by atoms with Crippen LogP contribution in [-0.2, 0) is 20.7 Å². The average Bonchev–Trinajstić information content (AvgIpc) is 2.95. The number of hydrogen-bond donors (Lipinski definition) is 1. The first-order valence-electron chi connectivity index (χ1n) is 8.07. The first kappa shape index (κ1) is 15.3. The number of fused-ring (bicyclic) bond motifs is 3. The smallest absolute Gasteiger partial charge is 0.253 e. The second-order valence-electron chi connectivity index (χ2n) is 7.07. The summed E-state index contributed by atoms with van der Waals surface area (Å²) in [5.41, 5.74) is 3.04. The van der Waals surface area contributed by atoms with E-state index in [2.05, 4.69) is 23.8 Å². The lowest BCUT2D eigenvalue weighted by molar-refractivity contribution is -0.220. The Bertz CT molecular complexity index is 904. The third-order valence-electron chi connectivity index (χ3n) is 4.36. The van der Waals surface area contributed by atoms with E-state index in [1.807, 2.05) is 30.6 Å². The highest BCUT2D eigenvalue weighted by Crippen LogP contribution is 2.30. The maximum absolute atomic E-state index is 11.2. The van der Waals surface area contributed by atoms with Crippen molar-refractivity contribution in [3.05, 3.63) is 41.7 Å². The zero-order chi connectivity index (χ0) is 16.7. The number of aromatic amines is 1. The van der Waals surface area contributed by atoms with Gasteiger partial charge in [-0.25, -0.2) is 4.98 Å². The second kappa shape index (κ2) is 5.69. The molecule has 1 aliphatic heterocycles. The van der Waals surface area contributed by atoms with Gasteiger partial charge in [0.05, 0.1) is 24.4 Å². The number of nitrogens with zero attached hydrogens (tertiary/aromatic N) is 1. The van der Waals surface area contributed by atoms with Crippen molar-refractivity contribution in [2.24, 2.45) is 5.41 Å². The van der Waals surface area contributed by atoms with Gasteiger partial charge >= 0.3 is 0 Å². The van der Waals surface area contributed by atoms with Crippen LogP contribution in [0.2, 0.25) is 0 Å². The highest BCUT2D eigenvalue weighted by Gasteiger charge is 2.29. The largest absolute Gasteiger partial charge is 0.353 e. The van der Waals surface area contributed by atoms with Gasteiger partial charge in [0, 0.05) is 28.1 Å². The summed E-state index contributed by atoms with van der Waals surface area (Å²) < 4.78 is 11.6. The van der Waals surface area contributed by atoms with Gasteiger partial charge in [-0.15, -0.1) is 0 Å². The van der Waals surface area contributed by atoms with Crippen LogP contribution in [0.5, 0.6) is 0 Å². The Hall–Kier alpha value is -2.24. The summed E-state index contributed by atoms with van der Waals surface area (Å²) in [6.07, 6.45) is 2.06. The molecular weight excluding hydrogens is 304 g/mol. The quantitative estimate of drug-likeness (QED) is 0.804. The Kier molecular flexibility index (Phi) is 3.62. The Morgan fingerprint density at radius 2 is 2.00 bits per heavy atom. The number of aromatic nitrogens is 2. The van der Waals surface area contributed by atoms with E-state index < -0.39 is 0 Å². The number of rotatable bonds is 3. The van der Waals surface area contributed by atoms with Crippen molar-refractivity contribution in [3.63, 3.8) is 0 Å². The fourth-order valence-electron chi connectivity index (χ4n) is 3.11. The molecule has 4 rings (SSSR count).